The van der Waals surface area contributed by atoms with Crippen LogP contribution in [0.25, 0.3) is 0 Å². The summed E-state index contributed by atoms with van der Waals surface area (Å²) in [4.78, 5) is 33.9. The maximum Gasteiger partial charge on any atom is 0.266 e. The summed E-state index contributed by atoms with van der Waals surface area (Å²) < 4.78 is 0. The van der Waals surface area contributed by atoms with Gasteiger partial charge in [0.25, 0.3) is 5.91 Å². The molecule has 0 spiro atoms. The van der Waals surface area contributed by atoms with Crippen molar-refractivity contribution < 1.29 is 9.59 Å². The number of aliphatic imine (C=N–C) groups is 1. The molecule has 2 amide bonds. The number of carbonyl (C=O) groups is 2. The molecule has 2 N–H and O–H groups in total. The van der Waals surface area contributed by atoms with E-state index in [9.17, 15) is 9.59 Å². The zero-order valence-electron chi connectivity index (χ0n) is 16.4. The van der Waals surface area contributed by atoms with Gasteiger partial charge < -0.3 is 10.6 Å². The third kappa shape index (κ3) is 4.21. The third-order valence-electron chi connectivity index (χ3n) is 5.47. The molecule has 2 aliphatic heterocycles. The van der Waals surface area contributed by atoms with Crippen LogP contribution in [0.1, 0.15) is 56.6 Å². The van der Waals surface area contributed by atoms with Crippen LogP contribution in [0, 0.1) is 6.92 Å². The van der Waals surface area contributed by atoms with Gasteiger partial charge in [-0.25, -0.2) is 0 Å². The Morgan fingerprint density at radius 2 is 1.85 bits per heavy atom. The molecule has 6 nitrogen and oxygen atoms in total. The molecule has 1 aromatic carbocycles. The van der Waals surface area contributed by atoms with Crippen molar-refractivity contribution in [2.45, 2.75) is 58.5 Å². The maximum absolute atomic E-state index is 13.0. The standard InChI is InChI=1S/C21H30N4O2/c1-3-17-16-11-9-10-15(2)19(16)25(21(27)20(22)23-17)14-18(26)24-12-7-5-4-6-8-13-24/h9-11,20H,3-8,12-14,22H2,1-2H3. The van der Waals surface area contributed by atoms with Crippen molar-refractivity contribution in [3.05, 3.63) is 29.3 Å². The molecule has 3 rings (SSSR count). The number of nitrogens with zero attached hydrogens (tertiary/aromatic N) is 3. The molecule has 0 aromatic heterocycles. The lowest BCUT2D eigenvalue weighted by Gasteiger charge is -2.30. The van der Waals surface area contributed by atoms with E-state index in [1.807, 2.05) is 36.9 Å². The molecule has 1 unspecified atom stereocenters. The smallest absolute Gasteiger partial charge is 0.266 e. The minimum atomic E-state index is -0.966. The molecule has 0 bridgehead atoms. The third-order valence-corrected chi connectivity index (χ3v) is 5.47. The Morgan fingerprint density at radius 1 is 1.19 bits per heavy atom. The first-order valence-corrected chi connectivity index (χ1v) is 10.0. The second kappa shape index (κ2) is 8.65. The summed E-state index contributed by atoms with van der Waals surface area (Å²) in [6, 6.07) is 5.88. The number of fused-ring (bicyclic) bond motifs is 1. The molecule has 0 saturated carbocycles. The Balaban J connectivity index is 1.91. The summed E-state index contributed by atoms with van der Waals surface area (Å²) >= 11 is 0. The molecule has 0 aliphatic carbocycles. The van der Waals surface area contributed by atoms with Crippen LogP contribution in [-0.2, 0) is 9.59 Å². The monoisotopic (exact) mass is 370 g/mol. The molecule has 6 heteroatoms. The van der Waals surface area contributed by atoms with Gasteiger partial charge in [-0.1, -0.05) is 44.4 Å². The fourth-order valence-corrected chi connectivity index (χ4v) is 3.98. The highest BCUT2D eigenvalue weighted by atomic mass is 16.2. The average molecular weight is 370 g/mol. The number of hydrogen-bond donors (Lipinski definition) is 1. The average Bonchev–Trinajstić information content (AvgIpc) is 2.72. The summed E-state index contributed by atoms with van der Waals surface area (Å²) in [6.07, 6.45) is 5.33. The number of amides is 2. The van der Waals surface area contributed by atoms with E-state index in [0.717, 1.165) is 61.3 Å². The van der Waals surface area contributed by atoms with E-state index >= 15 is 0 Å². The van der Waals surface area contributed by atoms with E-state index in [4.69, 9.17) is 5.73 Å². The van der Waals surface area contributed by atoms with Gasteiger partial charge >= 0.3 is 0 Å². The number of aryl methyl sites for hydroxylation is 1. The van der Waals surface area contributed by atoms with Crippen molar-refractivity contribution >= 4 is 23.2 Å². The maximum atomic E-state index is 13.0. The zero-order chi connectivity index (χ0) is 19.4. The largest absolute Gasteiger partial charge is 0.341 e. The van der Waals surface area contributed by atoms with E-state index in [-0.39, 0.29) is 18.4 Å². The van der Waals surface area contributed by atoms with Crippen molar-refractivity contribution in [1.29, 1.82) is 0 Å². The highest BCUT2D eigenvalue weighted by Gasteiger charge is 2.32. The number of hydrogen-bond acceptors (Lipinski definition) is 4. The van der Waals surface area contributed by atoms with Gasteiger partial charge in [-0.05, 0) is 31.7 Å². The van der Waals surface area contributed by atoms with Gasteiger partial charge in [0.15, 0.2) is 6.17 Å². The molecule has 1 fully saturated rings. The number of benzodiazepines with no additional fused rings is 1. The summed E-state index contributed by atoms with van der Waals surface area (Å²) in [5.74, 6) is -0.319. The van der Waals surface area contributed by atoms with E-state index < -0.39 is 6.17 Å². The first kappa shape index (κ1) is 19.5. The van der Waals surface area contributed by atoms with Gasteiger partial charge in [0.05, 0.1) is 5.69 Å². The normalized spacial score (nSPS) is 21.1. The first-order chi connectivity index (χ1) is 13.0. The second-order valence-electron chi connectivity index (χ2n) is 7.42. The number of anilines is 1. The molecular weight excluding hydrogens is 340 g/mol. The predicted molar refractivity (Wildman–Crippen MR) is 108 cm³/mol. The number of para-hydroxylation sites is 1. The Morgan fingerprint density at radius 3 is 2.52 bits per heavy atom. The van der Waals surface area contributed by atoms with Gasteiger partial charge in [-0.2, -0.15) is 0 Å². The first-order valence-electron chi connectivity index (χ1n) is 10.0. The number of benzene rings is 1. The van der Waals surface area contributed by atoms with Gasteiger partial charge in [0, 0.05) is 24.4 Å². The van der Waals surface area contributed by atoms with Crippen LogP contribution >= 0.6 is 0 Å². The van der Waals surface area contributed by atoms with Crippen LogP contribution < -0.4 is 10.6 Å². The summed E-state index contributed by atoms with van der Waals surface area (Å²) in [5.41, 5.74) is 9.51. The molecule has 1 aromatic rings. The van der Waals surface area contributed by atoms with Crippen molar-refractivity contribution in [3.63, 3.8) is 0 Å². The van der Waals surface area contributed by atoms with Crippen LogP contribution in [0.15, 0.2) is 23.2 Å². The van der Waals surface area contributed by atoms with Gasteiger partial charge in [0.1, 0.15) is 6.54 Å². The van der Waals surface area contributed by atoms with E-state index in [1.165, 1.54) is 6.42 Å². The Labute approximate surface area is 161 Å². The quantitative estimate of drug-likeness (QED) is 0.888. The molecule has 146 valence electrons. The Bertz CT molecular complexity index is 736. The molecule has 27 heavy (non-hydrogen) atoms. The number of nitrogens with two attached hydrogens (primary N) is 1. The van der Waals surface area contributed by atoms with Crippen molar-refractivity contribution in [2.24, 2.45) is 10.7 Å². The van der Waals surface area contributed by atoms with Crippen LogP contribution in [-0.4, -0.2) is 48.2 Å². The lowest BCUT2D eigenvalue weighted by atomic mass is 10.0. The minimum absolute atomic E-state index is 0.00778. The number of rotatable bonds is 3. The molecule has 0 radical (unpaired) electrons. The highest BCUT2D eigenvalue weighted by Crippen LogP contribution is 2.30. The van der Waals surface area contributed by atoms with Gasteiger partial charge in [0.2, 0.25) is 5.91 Å². The van der Waals surface area contributed by atoms with Crippen LogP contribution in [0.5, 0.6) is 0 Å². The Hall–Kier alpha value is -2.21. The summed E-state index contributed by atoms with van der Waals surface area (Å²) in [5, 5.41) is 0. The fraction of sp³-hybridized carbons (Fsp3) is 0.571. The fourth-order valence-electron chi connectivity index (χ4n) is 3.98. The van der Waals surface area contributed by atoms with E-state index in [1.54, 1.807) is 4.90 Å². The lowest BCUT2D eigenvalue weighted by Crippen LogP contribution is -2.48. The molecular formula is C21H30N4O2. The van der Waals surface area contributed by atoms with Crippen LogP contribution in [0.3, 0.4) is 0 Å². The van der Waals surface area contributed by atoms with Crippen LogP contribution in [0.2, 0.25) is 0 Å². The second-order valence-corrected chi connectivity index (χ2v) is 7.42. The van der Waals surface area contributed by atoms with Crippen molar-refractivity contribution in [1.82, 2.24) is 4.90 Å². The highest BCUT2D eigenvalue weighted by molar-refractivity contribution is 6.14. The summed E-state index contributed by atoms with van der Waals surface area (Å²) in [7, 11) is 0. The van der Waals surface area contributed by atoms with Gasteiger partial charge in [-0.3, -0.25) is 19.5 Å². The SMILES string of the molecule is CCC1=NC(N)C(=O)N(CC(=O)N2CCCCCCC2)c2c(C)cccc21. The van der Waals surface area contributed by atoms with Gasteiger partial charge in [-0.15, -0.1) is 0 Å². The molecule has 2 heterocycles. The molecule has 1 saturated heterocycles. The molecule has 1 atom stereocenters. The summed E-state index contributed by atoms with van der Waals surface area (Å²) in [6.45, 7) is 5.53. The zero-order valence-corrected chi connectivity index (χ0v) is 16.4. The van der Waals surface area contributed by atoms with Crippen molar-refractivity contribution in [3.8, 4) is 0 Å². The topological polar surface area (TPSA) is 79.0 Å². The minimum Gasteiger partial charge on any atom is -0.341 e. The van der Waals surface area contributed by atoms with Crippen molar-refractivity contribution in [2.75, 3.05) is 24.5 Å². The van der Waals surface area contributed by atoms with E-state index in [2.05, 4.69) is 4.99 Å². The van der Waals surface area contributed by atoms with E-state index in [0.29, 0.717) is 6.42 Å². The molecule has 2 aliphatic rings. The lowest BCUT2D eigenvalue weighted by molar-refractivity contribution is -0.131. The Kier molecular flexibility index (Phi) is 6.26. The van der Waals surface area contributed by atoms with Crippen LogP contribution in [0.4, 0.5) is 5.69 Å². The number of carbonyl (C=O) groups excluding carboxylic acids is 2. The number of likely N-dealkylation sites (tertiary alicyclic amines) is 1. The predicted octanol–water partition coefficient (Wildman–Crippen LogP) is 2.62.